The minimum Gasteiger partial charge on any atom is -0.497 e. The predicted molar refractivity (Wildman–Crippen MR) is 167 cm³/mol. The van der Waals surface area contributed by atoms with Gasteiger partial charge in [0.25, 0.3) is 11.8 Å². The van der Waals surface area contributed by atoms with Crippen LogP contribution in [0, 0.1) is 18.6 Å². The highest BCUT2D eigenvalue weighted by Gasteiger charge is 2.46. The van der Waals surface area contributed by atoms with Crippen LogP contribution in [0.2, 0.25) is 0 Å². The van der Waals surface area contributed by atoms with Crippen molar-refractivity contribution in [2.75, 3.05) is 26.8 Å². The van der Waals surface area contributed by atoms with Crippen LogP contribution in [0.4, 0.5) is 8.78 Å². The lowest BCUT2D eigenvalue weighted by molar-refractivity contribution is 0.0162. The zero-order valence-electron chi connectivity index (χ0n) is 26.0. The lowest BCUT2D eigenvalue weighted by atomic mass is 9.98. The number of nitrogens with zero attached hydrogens (tertiary/aromatic N) is 1. The second kappa shape index (κ2) is 14.8. The first-order valence-corrected chi connectivity index (χ1v) is 15.3. The van der Waals surface area contributed by atoms with Gasteiger partial charge in [-0.3, -0.25) is 9.59 Å². The van der Waals surface area contributed by atoms with E-state index in [-0.39, 0.29) is 18.9 Å². The molecule has 236 valence electrons. The molecule has 1 aliphatic carbocycles. The fourth-order valence-electron chi connectivity index (χ4n) is 5.53. The number of nitrogens with one attached hydrogen (secondary N) is 1. The minimum atomic E-state index is -0.721. The number of halogens is 2. The van der Waals surface area contributed by atoms with Gasteiger partial charge in [-0.05, 0) is 98.2 Å². The average Bonchev–Trinajstić information content (AvgIpc) is 3.79. The Balaban J connectivity index is 1.55. The smallest absolute Gasteiger partial charge is 0.253 e. The first-order valence-electron chi connectivity index (χ1n) is 15.3. The highest BCUT2D eigenvalue weighted by atomic mass is 19.1. The van der Waals surface area contributed by atoms with Crippen LogP contribution in [0.5, 0.6) is 5.75 Å². The first-order chi connectivity index (χ1) is 21.1. The van der Waals surface area contributed by atoms with Crippen molar-refractivity contribution in [2.24, 2.45) is 5.73 Å². The Morgan fingerprint density at radius 3 is 2.25 bits per heavy atom. The molecule has 4 rings (SSSR count). The SMILES string of the molecule is CCCN(CCC)C(=O)c1cc(C)cc(C(=O)N[C@@H](Cc2cc(F)cc(F)c2)C(N)COC2(c3cccc(OC)c3)CC2)c1. The van der Waals surface area contributed by atoms with Gasteiger partial charge < -0.3 is 25.4 Å². The molecular weight excluding hydrogens is 564 g/mol. The van der Waals surface area contributed by atoms with Crippen LogP contribution >= 0.6 is 0 Å². The third-order valence-corrected chi connectivity index (χ3v) is 7.92. The molecule has 0 spiro atoms. The molecule has 3 N–H and O–H groups in total. The lowest BCUT2D eigenvalue weighted by Crippen LogP contribution is -2.51. The third kappa shape index (κ3) is 8.42. The molecule has 7 nitrogen and oxygen atoms in total. The number of hydrogen-bond acceptors (Lipinski definition) is 5. The van der Waals surface area contributed by atoms with E-state index in [1.807, 2.05) is 45.0 Å². The molecule has 44 heavy (non-hydrogen) atoms. The largest absolute Gasteiger partial charge is 0.497 e. The molecular formula is C35H43F2N3O4. The van der Waals surface area contributed by atoms with Crippen molar-refractivity contribution in [2.45, 2.75) is 70.6 Å². The highest BCUT2D eigenvalue weighted by molar-refractivity contribution is 6.00. The summed E-state index contributed by atoms with van der Waals surface area (Å²) in [5.74, 6) is -1.27. The van der Waals surface area contributed by atoms with Gasteiger partial charge in [-0.25, -0.2) is 8.78 Å². The lowest BCUT2D eigenvalue weighted by Gasteiger charge is -2.28. The Labute approximate surface area is 258 Å². The van der Waals surface area contributed by atoms with Crippen LogP contribution in [0.25, 0.3) is 0 Å². The van der Waals surface area contributed by atoms with Crippen LogP contribution in [0.3, 0.4) is 0 Å². The molecule has 2 amide bonds. The topological polar surface area (TPSA) is 93.9 Å². The van der Waals surface area contributed by atoms with Gasteiger partial charge in [0.15, 0.2) is 0 Å². The van der Waals surface area contributed by atoms with Gasteiger partial charge in [0, 0.05) is 36.3 Å². The summed E-state index contributed by atoms with van der Waals surface area (Å²) in [6.07, 6.45) is 3.35. The summed E-state index contributed by atoms with van der Waals surface area (Å²) in [4.78, 5) is 28.7. The van der Waals surface area contributed by atoms with Crippen LogP contribution in [-0.4, -0.2) is 55.6 Å². The zero-order valence-corrected chi connectivity index (χ0v) is 26.0. The number of rotatable bonds is 15. The van der Waals surface area contributed by atoms with Crippen molar-refractivity contribution < 1.29 is 27.8 Å². The fraction of sp³-hybridized carbons (Fsp3) is 0.429. The Kier molecular flexibility index (Phi) is 11.1. The summed E-state index contributed by atoms with van der Waals surface area (Å²) in [5, 5.41) is 2.97. The zero-order chi connectivity index (χ0) is 31.9. The van der Waals surface area contributed by atoms with Crippen LogP contribution < -0.4 is 15.8 Å². The first kappa shape index (κ1) is 33.1. The molecule has 0 aliphatic heterocycles. The van der Waals surface area contributed by atoms with Gasteiger partial charge in [-0.1, -0.05) is 26.0 Å². The van der Waals surface area contributed by atoms with Crippen molar-refractivity contribution in [3.63, 3.8) is 0 Å². The number of methoxy groups -OCH3 is 1. The standard InChI is InChI=1S/C35H43F2N3O4/c1-5-12-40(13-6-2)34(42)26-15-23(3)14-25(19-26)33(41)39-32(18-24-16-28(36)21-29(37)17-24)31(38)22-44-35(10-11-35)27-8-7-9-30(20-27)43-4/h7-9,14-17,19-21,31-32H,5-6,10-13,18,22,38H2,1-4H3,(H,39,41)/t31?,32-/m0/s1. The number of amides is 2. The third-order valence-electron chi connectivity index (χ3n) is 7.92. The molecule has 0 radical (unpaired) electrons. The quantitative estimate of drug-likeness (QED) is 0.224. The molecule has 1 saturated carbocycles. The summed E-state index contributed by atoms with van der Waals surface area (Å²) >= 11 is 0. The van der Waals surface area contributed by atoms with Crippen molar-refractivity contribution in [1.29, 1.82) is 0 Å². The Morgan fingerprint density at radius 2 is 1.64 bits per heavy atom. The van der Waals surface area contributed by atoms with E-state index >= 15 is 0 Å². The van der Waals surface area contributed by atoms with Crippen LogP contribution in [-0.2, 0) is 16.8 Å². The molecule has 0 heterocycles. The molecule has 0 saturated heterocycles. The van der Waals surface area contributed by atoms with Gasteiger partial charge in [-0.15, -0.1) is 0 Å². The molecule has 0 bridgehead atoms. The van der Waals surface area contributed by atoms with Gasteiger partial charge in [0.2, 0.25) is 0 Å². The summed E-state index contributed by atoms with van der Waals surface area (Å²) in [5.41, 5.74) is 8.98. The van der Waals surface area contributed by atoms with E-state index in [0.29, 0.717) is 29.8 Å². The maximum Gasteiger partial charge on any atom is 0.253 e. The van der Waals surface area contributed by atoms with E-state index in [2.05, 4.69) is 5.32 Å². The molecule has 9 heteroatoms. The molecule has 1 unspecified atom stereocenters. The molecule has 3 aromatic carbocycles. The highest BCUT2D eigenvalue weighted by Crippen LogP contribution is 2.50. The molecule has 1 fully saturated rings. The Hall–Kier alpha value is -3.82. The van der Waals surface area contributed by atoms with Crippen LogP contribution in [0.15, 0.2) is 60.7 Å². The van der Waals surface area contributed by atoms with Gasteiger partial charge >= 0.3 is 0 Å². The minimum absolute atomic E-state index is 0.0789. The predicted octanol–water partition coefficient (Wildman–Crippen LogP) is 5.92. The number of carbonyl (C=O) groups is 2. The van der Waals surface area contributed by atoms with Crippen molar-refractivity contribution in [3.05, 3.63) is 100 Å². The van der Waals surface area contributed by atoms with E-state index in [4.69, 9.17) is 15.2 Å². The van der Waals surface area contributed by atoms with E-state index < -0.39 is 35.2 Å². The van der Waals surface area contributed by atoms with Crippen molar-refractivity contribution in [1.82, 2.24) is 10.2 Å². The molecule has 0 aromatic heterocycles. The van der Waals surface area contributed by atoms with E-state index in [1.165, 1.54) is 12.1 Å². The van der Waals surface area contributed by atoms with Crippen molar-refractivity contribution in [3.8, 4) is 5.75 Å². The summed E-state index contributed by atoms with van der Waals surface area (Å²) in [6.45, 7) is 7.22. The second-order valence-electron chi connectivity index (χ2n) is 11.6. The number of aryl methyl sites for hydroxylation is 1. The van der Waals surface area contributed by atoms with Crippen LogP contribution in [0.1, 0.15) is 76.9 Å². The number of carbonyl (C=O) groups excluding carboxylic acids is 2. The van der Waals surface area contributed by atoms with E-state index in [9.17, 15) is 18.4 Å². The maximum atomic E-state index is 14.1. The molecule has 2 atom stereocenters. The van der Waals surface area contributed by atoms with E-state index in [0.717, 1.165) is 48.6 Å². The Morgan fingerprint density at radius 1 is 0.977 bits per heavy atom. The van der Waals surface area contributed by atoms with Gasteiger partial charge in [0.1, 0.15) is 17.4 Å². The average molecular weight is 608 g/mol. The number of nitrogens with two attached hydrogens (primary N) is 1. The molecule has 3 aromatic rings. The summed E-state index contributed by atoms with van der Waals surface area (Å²) in [6, 6.07) is 14.6. The summed E-state index contributed by atoms with van der Waals surface area (Å²) < 4.78 is 39.9. The second-order valence-corrected chi connectivity index (χ2v) is 11.6. The van der Waals surface area contributed by atoms with Gasteiger partial charge in [-0.2, -0.15) is 0 Å². The maximum absolute atomic E-state index is 14.1. The number of ether oxygens (including phenoxy) is 2. The Bertz CT molecular complexity index is 1430. The normalized spacial score (nSPS) is 14.9. The van der Waals surface area contributed by atoms with Gasteiger partial charge in [0.05, 0.1) is 25.4 Å². The number of benzene rings is 3. The monoisotopic (exact) mass is 607 g/mol. The fourth-order valence-corrected chi connectivity index (χ4v) is 5.53. The molecule has 1 aliphatic rings. The summed E-state index contributed by atoms with van der Waals surface area (Å²) in [7, 11) is 1.61. The van der Waals surface area contributed by atoms with E-state index in [1.54, 1.807) is 30.2 Å². The number of hydrogen-bond donors (Lipinski definition) is 2. The van der Waals surface area contributed by atoms with Crippen molar-refractivity contribution >= 4 is 11.8 Å².